The molecule has 2 saturated heterocycles. The molecular weight excluding hydrogens is 604 g/mol. The number of halogens is 1. The SMILES string of the molecule is CCCCS(=O)(=O)NC[C@@H]1CCCN1C(=O)CN1CCC[C@H](NS(=O)(=O)c2ccc(-c3ccc(Cl)s3)s2)C1=O. The molecule has 2 aromatic heterocycles. The Balaban J connectivity index is 1.35. The number of amides is 2. The lowest BCUT2D eigenvalue weighted by molar-refractivity contribution is -0.143. The van der Waals surface area contributed by atoms with Crippen molar-refractivity contribution in [2.75, 3.05) is 31.9 Å². The Morgan fingerprint density at radius 2 is 1.77 bits per heavy atom. The lowest BCUT2D eigenvalue weighted by atomic mass is 10.1. The summed E-state index contributed by atoms with van der Waals surface area (Å²) < 4.78 is 56.4. The average Bonchev–Trinajstić information content (AvgIpc) is 3.65. The Kier molecular flexibility index (Phi) is 10.1. The highest BCUT2D eigenvalue weighted by Crippen LogP contribution is 2.37. The number of rotatable bonds is 12. The highest BCUT2D eigenvalue weighted by Gasteiger charge is 2.36. The first kappa shape index (κ1) is 30.4. The van der Waals surface area contributed by atoms with Gasteiger partial charge < -0.3 is 9.80 Å². The Bertz CT molecular complexity index is 1390. The molecule has 0 aliphatic carbocycles. The summed E-state index contributed by atoms with van der Waals surface area (Å²) in [5.41, 5.74) is 0. The van der Waals surface area contributed by atoms with Gasteiger partial charge in [0.2, 0.25) is 21.8 Å². The van der Waals surface area contributed by atoms with E-state index in [1.54, 1.807) is 17.0 Å². The second-order valence-corrected chi connectivity index (χ2v) is 16.4. The van der Waals surface area contributed by atoms with Crippen molar-refractivity contribution in [1.82, 2.24) is 19.2 Å². The molecule has 216 valence electrons. The first-order valence-corrected chi connectivity index (χ1v) is 18.1. The topological polar surface area (TPSA) is 133 Å². The third kappa shape index (κ3) is 7.80. The number of carbonyl (C=O) groups excluding carboxylic acids is 2. The fourth-order valence-corrected chi connectivity index (χ4v) is 9.70. The predicted molar refractivity (Wildman–Crippen MR) is 154 cm³/mol. The molecule has 0 spiro atoms. The van der Waals surface area contributed by atoms with E-state index in [-0.39, 0.29) is 35.0 Å². The molecule has 15 heteroatoms. The number of nitrogens with zero attached hydrogens (tertiary/aromatic N) is 2. The molecule has 0 radical (unpaired) electrons. The molecule has 2 N–H and O–H groups in total. The van der Waals surface area contributed by atoms with Crippen LogP contribution in [0, 0.1) is 0 Å². The minimum Gasteiger partial charge on any atom is -0.337 e. The fraction of sp³-hybridized carbons (Fsp3) is 0.583. The summed E-state index contributed by atoms with van der Waals surface area (Å²) in [4.78, 5) is 31.0. The highest BCUT2D eigenvalue weighted by molar-refractivity contribution is 7.91. The molecule has 2 aliphatic heterocycles. The van der Waals surface area contributed by atoms with E-state index in [9.17, 15) is 26.4 Å². The van der Waals surface area contributed by atoms with Crippen molar-refractivity contribution in [2.45, 2.75) is 61.7 Å². The Labute approximate surface area is 242 Å². The molecule has 0 saturated carbocycles. The monoisotopic (exact) mass is 636 g/mol. The third-order valence-electron chi connectivity index (χ3n) is 6.82. The van der Waals surface area contributed by atoms with Crippen LogP contribution in [-0.2, 0) is 29.6 Å². The molecule has 39 heavy (non-hydrogen) atoms. The van der Waals surface area contributed by atoms with E-state index >= 15 is 0 Å². The van der Waals surface area contributed by atoms with Gasteiger partial charge in [-0.1, -0.05) is 24.9 Å². The molecule has 0 unspecified atom stereocenters. The molecule has 2 aromatic rings. The van der Waals surface area contributed by atoms with Crippen molar-refractivity contribution in [3.8, 4) is 9.75 Å². The fourth-order valence-electron chi connectivity index (χ4n) is 4.76. The number of piperidine rings is 1. The molecule has 0 aromatic carbocycles. The van der Waals surface area contributed by atoms with E-state index < -0.39 is 32.0 Å². The minimum atomic E-state index is -3.95. The quantitative estimate of drug-likeness (QED) is 0.368. The summed E-state index contributed by atoms with van der Waals surface area (Å²) >= 11 is 8.45. The molecular formula is C24H33ClN4O6S4. The molecule has 2 aliphatic rings. The molecule has 10 nitrogen and oxygen atoms in total. The van der Waals surface area contributed by atoms with E-state index in [4.69, 9.17) is 11.6 Å². The van der Waals surface area contributed by atoms with Crippen LogP contribution in [0.25, 0.3) is 9.75 Å². The first-order chi connectivity index (χ1) is 18.5. The predicted octanol–water partition coefficient (Wildman–Crippen LogP) is 3.11. The lowest BCUT2D eigenvalue weighted by Crippen LogP contribution is -2.55. The van der Waals surface area contributed by atoms with Crippen LogP contribution in [0.5, 0.6) is 0 Å². The van der Waals surface area contributed by atoms with Crippen LogP contribution in [0.15, 0.2) is 28.5 Å². The summed E-state index contributed by atoms with van der Waals surface area (Å²) in [7, 11) is -7.34. The largest absolute Gasteiger partial charge is 0.337 e. The number of unbranched alkanes of at least 4 members (excludes halogenated alkanes) is 1. The number of thiophene rings is 2. The van der Waals surface area contributed by atoms with Gasteiger partial charge in [0.15, 0.2) is 0 Å². The molecule has 4 rings (SSSR count). The van der Waals surface area contributed by atoms with E-state index in [0.717, 1.165) is 33.9 Å². The standard InChI is InChI=1S/C24H33ClN4O6S4/c1-2-3-14-38(32,33)26-15-17-6-4-13-29(17)22(30)16-28-12-5-7-18(24(28)31)27-39(34,35)23-11-9-20(37-23)19-8-10-21(25)36-19/h8-11,17-18,26-27H,2-7,12-16H2,1H3/t17-,18-/m0/s1. The van der Waals surface area contributed by atoms with Crippen LogP contribution in [-0.4, -0.2) is 82.5 Å². The van der Waals surface area contributed by atoms with Crippen LogP contribution in [0.2, 0.25) is 4.34 Å². The molecule has 2 amide bonds. The number of carbonyl (C=O) groups is 2. The summed E-state index contributed by atoms with van der Waals surface area (Å²) in [6.07, 6.45) is 3.67. The summed E-state index contributed by atoms with van der Waals surface area (Å²) in [5.74, 6) is -0.644. The van der Waals surface area contributed by atoms with Gasteiger partial charge in [0.05, 0.1) is 16.6 Å². The summed E-state index contributed by atoms with van der Waals surface area (Å²) in [6, 6.07) is 5.57. The number of hydrogen-bond acceptors (Lipinski definition) is 8. The lowest BCUT2D eigenvalue weighted by Gasteiger charge is -2.34. The Morgan fingerprint density at radius 3 is 2.49 bits per heavy atom. The van der Waals surface area contributed by atoms with Crippen molar-refractivity contribution in [3.63, 3.8) is 0 Å². The van der Waals surface area contributed by atoms with Crippen molar-refractivity contribution in [2.24, 2.45) is 0 Å². The average molecular weight is 637 g/mol. The van der Waals surface area contributed by atoms with Crippen LogP contribution >= 0.6 is 34.3 Å². The summed E-state index contributed by atoms with van der Waals surface area (Å²) in [5, 5.41) is 0. The normalized spacial score (nSPS) is 20.6. The van der Waals surface area contributed by atoms with E-state index in [1.165, 1.54) is 22.3 Å². The maximum Gasteiger partial charge on any atom is 0.250 e. The number of likely N-dealkylation sites (tertiary alicyclic amines) is 2. The zero-order valence-corrected chi connectivity index (χ0v) is 25.6. The second-order valence-electron chi connectivity index (χ2n) is 9.70. The van der Waals surface area contributed by atoms with Crippen molar-refractivity contribution >= 4 is 66.1 Å². The minimum absolute atomic E-state index is 0.0545. The van der Waals surface area contributed by atoms with E-state index in [0.29, 0.717) is 43.1 Å². The zero-order valence-electron chi connectivity index (χ0n) is 21.6. The molecule has 0 bridgehead atoms. The van der Waals surface area contributed by atoms with Gasteiger partial charge in [-0.05, 0) is 56.4 Å². The Hall–Kier alpha value is -1.55. The summed E-state index contributed by atoms with van der Waals surface area (Å²) in [6.45, 7) is 2.75. The van der Waals surface area contributed by atoms with Gasteiger partial charge in [-0.2, -0.15) is 4.72 Å². The van der Waals surface area contributed by atoms with E-state index in [1.807, 2.05) is 13.0 Å². The zero-order chi connectivity index (χ0) is 28.2. The van der Waals surface area contributed by atoms with Gasteiger partial charge in [0, 0.05) is 35.4 Å². The number of hydrogen-bond donors (Lipinski definition) is 2. The Morgan fingerprint density at radius 1 is 1.05 bits per heavy atom. The third-order valence-corrected chi connectivity index (χ3v) is 12.7. The van der Waals surface area contributed by atoms with Crippen LogP contribution in [0.3, 0.4) is 0 Å². The molecule has 4 heterocycles. The smallest absolute Gasteiger partial charge is 0.250 e. The maximum atomic E-state index is 13.2. The van der Waals surface area contributed by atoms with Crippen LogP contribution < -0.4 is 9.44 Å². The number of nitrogens with one attached hydrogen (secondary N) is 2. The van der Waals surface area contributed by atoms with Gasteiger partial charge in [-0.3, -0.25) is 9.59 Å². The first-order valence-electron chi connectivity index (χ1n) is 12.9. The van der Waals surface area contributed by atoms with Crippen molar-refractivity contribution in [3.05, 3.63) is 28.6 Å². The molecule has 2 fully saturated rings. The van der Waals surface area contributed by atoms with Gasteiger partial charge in [-0.25, -0.2) is 21.6 Å². The van der Waals surface area contributed by atoms with Crippen LogP contribution in [0.1, 0.15) is 45.4 Å². The van der Waals surface area contributed by atoms with Gasteiger partial charge in [-0.15, -0.1) is 22.7 Å². The molecule has 2 atom stereocenters. The number of sulfonamides is 2. The van der Waals surface area contributed by atoms with Crippen molar-refractivity contribution < 1.29 is 26.4 Å². The highest BCUT2D eigenvalue weighted by atomic mass is 35.5. The van der Waals surface area contributed by atoms with Crippen LogP contribution in [0.4, 0.5) is 0 Å². The second kappa shape index (κ2) is 13.0. The van der Waals surface area contributed by atoms with Gasteiger partial charge in [0.25, 0.3) is 10.0 Å². The van der Waals surface area contributed by atoms with Gasteiger partial charge in [0.1, 0.15) is 10.3 Å². The maximum absolute atomic E-state index is 13.2. The van der Waals surface area contributed by atoms with Gasteiger partial charge >= 0.3 is 0 Å². The van der Waals surface area contributed by atoms with Crippen molar-refractivity contribution in [1.29, 1.82) is 0 Å². The van der Waals surface area contributed by atoms with E-state index in [2.05, 4.69) is 9.44 Å².